The Hall–Kier alpha value is -2.16. The van der Waals surface area contributed by atoms with E-state index in [9.17, 15) is 9.59 Å². The van der Waals surface area contributed by atoms with Gasteiger partial charge in [0.1, 0.15) is 0 Å². The van der Waals surface area contributed by atoms with Crippen LogP contribution in [0.1, 0.15) is 140 Å². The molecule has 8 bridgehead atoms. The van der Waals surface area contributed by atoms with E-state index >= 15 is 0 Å². The Kier molecular flexibility index (Phi) is 9.38. The monoisotopic (exact) mass is 776 g/mol. The molecule has 12 fully saturated rings. The zero-order chi connectivity index (χ0) is 37.5. The number of rotatable bonds is 8. The summed E-state index contributed by atoms with van der Waals surface area (Å²) in [7, 11) is 0. The standard InChI is InChI=1S/C44H60N2O10/c47-39(23-27-4-8-41(9-5-27)49-53-43(54-50-41)35-15-31-13-32(17-35)18-36(43)16-31)45-25-29-2-1-3-30(12-29)26-46-40(48)24-28-6-10-42(11-7-28)51-55-44(56-52-42)37-19-33-14-34(21-37)22-38(44)20-33/h1-3,12,27-28,31-38H,4-11,13-26H2,(H,45,47)(H,46,48). The minimum atomic E-state index is -0.872. The molecule has 2 aliphatic heterocycles. The molecule has 0 radical (unpaired) electrons. The third-order valence-electron chi connectivity index (χ3n) is 16.5. The van der Waals surface area contributed by atoms with Crippen molar-refractivity contribution in [2.24, 2.45) is 59.2 Å². The maximum atomic E-state index is 13.0. The lowest BCUT2D eigenvalue weighted by molar-refractivity contribution is -0.680. The van der Waals surface area contributed by atoms with Crippen molar-refractivity contribution >= 4 is 11.8 Å². The Morgan fingerprint density at radius 2 is 0.839 bits per heavy atom. The maximum Gasteiger partial charge on any atom is 0.239 e. The first-order valence-corrected chi connectivity index (χ1v) is 22.3. The summed E-state index contributed by atoms with van der Waals surface area (Å²) in [6.45, 7) is 0.893. The number of hydrogen-bond acceptors (Lipinski definition) is 10. The molecule has 10 aliphatic carbocycles. The number of carbonyl (C=O) groups is 2. The molecule has 1 aromatic rings. The molecule has 12 nitrogen and oxygen atoms in total. The number of carbonyl (C=O) groups excluding carboxylic acids is 2. The summed E-state index contributed by atoms with van der Waals surface area (Å²) in [6.07, 6.45) is 18.7. The SMILES string of the molecule is O=C(CC1CCC2(CC1)OOC1(OO2)C2CC3CC(C2)CC1C3)NCc1cccc(CNC(=O)CC2CCC3(CC2)OOC2(OO3)C3CC4CC(C3)CC2C4)c1. The van der Waals surface area contributed by atoms with Crippen molar-refractivity contribution in [3.63, 3.8) is 0 Å². The molecule has 0 atom stereocenters. The third kappa shape index (κ3) is 6.66. The lowest BCUT2D eigenvalue weighted by atomic mass is 9.53. The van der Waals surface area contributed by atoms with Crippen molar-refractivity contribution in [2.45, 2.75) is 165 Å². The highest BCUT2D eigenvalue weighted by Crippen LogP contribution is 2.63. The zero-order valence-electron chi connectivity index (χ0n) is 32.7. The minimum absolute atomic E-state index is 0.0407. The van der Waals surface area contributed by atoms with Crippen LogP contribution in [0.4, 0.5) is 0 Å². The van der Waals surface area contributed by atoms with Gasteiger partial charge < -0.3 is 10.6 Å². The van der Waals surface area contributed by atoms with Gasteiger partial charge in [0, 0.05) is 75.3 Å². The molecule has 0 unspecified atom stereocenters. The van der Waals surface area contributed by atoms with Crippen molar-refractivity contribution in [3.8, 4) is 0 Å². The normalized spacial score (nSPS) is 47.2. The Morgan fingerprint density at radius 3 is 1.18 bits per heavy atom. The third-order valence-corrected chi connectivity index (χ3v) is 16.5. The molecule has 2 amide bonds. The summed E-state index contributed by atoms with van der Waals surface area (Å²) in [6, 6.07) is 8.05. The van der Waals surface area contributed by atoms with Crippen LogP contribution in [-0.2, 0) is 61.8 Å². The van der Waals surface area contributed by atoms with E-state index in [1.807, 2.05) is 18.2 Å². The number of benzene rings is 1. The zero-order valence-corrected chi connectivity index (χ0v) is 32.7. The van der Waals surface area contributed by atoms with Gasteiger partial charge in [0.15, 0.2) is 0 Å². The lowest BCUT2D eigenvalue weighted by Gasteiger charge is -2.60. The first-order valence-electron chi connectivity index (χ1n) is 22.3. The molecular weight excluding hydrogens is 716 g/mol. The lowest BCUT2D eigenvalue weighted by Crippen LogP contribution is -2.64. The van der Waals surface area contributed by atoms with Gasteiger partial charge in [-0.3, -0.25) is 9.59 Å². The largest absolute Gasteiger partial charge is 0.352 e. The fourth-order valence-electron chi connectivity index (χ4n) is 13.7. The Balaban J connectivity index is 0.584. The fourth-order valence-corrected chi connectivity index (χ4v) is 13.7. The van der Waals surface area contributed by atoms with E-state index in [1.54, 1.807) is 0 Å². The second-order valence-corrected chi connectivity index (χ2v) is 20.2. The van der Waals surface area contributed by atoms with Crippen molar-refractivity contribution in [1.29, 1.82) is 0 Å². The Bertz CT molecular complexity index is 1460. The van der Waals surface area contributed by atoms with E-state index in [1.165, 1.54) is 12.8 Å². The van der Waals surface area contributed by atoms with Gasteiger partial charge in [0.05, 0.1) is 0 Å². The highest BCUT2D eigenvalue weighted by Gasteiger charge is 2.66. The molecule has 12 aliphatic rings. The van der Waals surface area contributed by atoms with Gasteiger partial charge in [-0.25, -0.2) is 0 Å². The number of hydrogen-bond donors (Lipinski definition) is 2. The van der Waals surface area contributed by atoms with E-state index in [0.717, 1.165) is 112 Å². The van der Waals surface area contributed by atoms with E-state index < -0.39 is 23.1 Å². The first-order chi connectivity index (χ1) is 27.2. The molecule has 12 heteroatoms. The molecule has 10 saturated carbocycles. The van der Waals surface area contributed by atoms with Crippen LogP contribution in [-0.4, -0.2) is 35.0 Å². The summed E-state index contributed by atoms with van der Waals surface area (Å²) >= 11 is 0. The molecule has 306 valence electrons. The molecule has 4 spiro atoms. The summed E-state index contributed by atoms with van der Waals surface area (Å²) in [5, 5.41) is 6.22. The molecule has 2 heterocycles. The quantitative estimate of drug-likeness (QED) is 0.255. The molecular formula is C44H60N2O10. The van der Waals surface area contributed by atoms with Gasteiger partial charge in [-0.1, -0.05) is 24.3 Å². The second-order valence-electron chi connectivity index (χ2n) is 20.2. The van der Waals surface area contributed by atoms with Crippen LogP contribution in [0, 0.1) is 59.2 Å². The van der Waals surface area contributed by atoms with Gasteiger partial charge in [-0.05, 0) is 137 Å². The summed E-state index contributed by atoms with van der Waals surface area (Å²) < 4.78 is 0. The van der Waals surface area contributed by atoms with Gasteiger partial charge in [0.25, 0.3) is 0 Å². The van der Waals surface area contributed by atoms with Gasteiger partial charge in [0.2, 0.25) is 35.0 Å². The topological polar surface area (TPSA) is 132 Å². The van der Waals surface area contributed by atoms with Crippen molar-refractivity contribution in [1.82, 2.24) is 10.6 Å². The number of amides is 2. The summed E-state index contributed by atoms with van der Waals surface area (Å²) in [5.41, 5.74) is 2.02. The van der Waals surface area contributed by atoms with Gasteiger partial charge >= 0.3 is 0 Å². The predicted molar refractivity (Wildman–Crippen MR) is 197 cm³/mol. The van der Waals surface area contributed by atoms with Crippen LogP contribution in [0.3, 0.4) is 0 Å². The predicted octanol–water partition coefficient (Wildman–Crippen LogP) is 7.60. The van der Waals surface area contributed by atoms with E-state index in [0.29, 0.717) is 75.3 Å². The number of nitrogens with one attached hydrogen (secondary N) is 2. The first kappa shape index (κ1) is 36.9. The van der Waals surface area contributed by atoms with E-state index in [-0.39, 0.29) is 23.7 Å². The highest BCUT2D eigenvalue weighted by atomic mass is 17.4. The summed E-state index contributed by atoms with van der Waals surface area (Å²) in [4.78, 5) is 75.1. The van der Waals surface area contributed by atoms with Crippen LogP contribution in [0.15, 0.2) is 24.3 Å². The Labute approximate surface area is 329 Å². The van der Waals surface area contributed by atoms with E-state index in [2.05, 4.69) is 16.7 Å². The maximum absolute atomic E-state index is 13.0. The van der Waals surface area contributed by atoms with Crippen LogP contribution in [0.25, 0.3) is 0 Å². The van der Waals surface area contributed by atoms with Crippen LogP contribution in [0.5, 0.6) is 0 Å². The van der Waals surface area contributed by atoms with Crippen molar-refractivity contribution in [2.75, 3.05) is 0 Å². The Morgan fingerprint density at radius 1 is 0.500 bits per heavy atom. The smallest absolute Gasteiger partial charge is 0.239 e. The van der Waals surface area contributed by atoms with Crippen LogP contribution >= 0.6 is 0 Å². The summed E-state index contributed by atoms with van der Waals surface area (Å²) in [5.74, 6) is 2.02. The van der Waals surface area contributed by atoms with Crippen molar-refractivity contribution < 1.29 is 48.7 Å². The second kappa shape index (κ2) is 14.2. The molecule has 13 rings (SSSR count). The minimum Gasteiger partial charge on any atom is -0.352 e. The highest BCUT2D eigenvalue weighted by molar-refractivity contribution is 5.76. The van der Waals surface area contributed by atoms with Gasteiger partial charge in [-0.2, -0.15) is 39.1 Å². The average Bonchev–Trinajstić information content (AvgIpc) is 3.20. The molecule has 2 N–H and O–H groups in total. The van der Waals surface area contributed by atoms with Crippen molar-refractivity contribution in [3.05, 3.63) is 35.4 Å². The van der Waals surface area contributed by atoms with E-state index in [4.69, 9.17) is 39.1 Å². The molecule has 56 heavy (non-hydrogen) atoms. The molecule has 1 aromatic carbocycles. The van der Waals surface area contributed by atoms with Crippen LogP contribution in [0.2, 0.25) is 0 Å². The molecule has 0 aromatic heterocycles. The molecule has 2 saturated heterocycles. The van der Waals surface area contributed by atoms with Gasteiger partial charge in [-0.15, -0.1) is 0 Å². The van der Waals surface area contributed by atoms with Crippen LogP contribution < -0.4 is 10.6 Å². The fraction of sp³-hybridized carbons (Fsp3) is 0.818. The average molecular weight is 777 g/mol.